The molecule has 0 aromatic rings. The van der Waals surface area contributed by atoms with Crippen molar-refractivity contribution >= 4 is 10.1 Å². The van der Waals surface area contributed by atoms with Crippen LogP contribution < -0.4 is 29.6 Å². The Bertz CT molecular complexity index is 426. The predicted octanol–water partition coefficient (Wildman–Crippen LogP) is -2.09. The molecule has 0 amide bonds. The smallest absolute Gasteiger partial charge is 0.747 e. The monoisotopic (exact) mass is 234 g/mol. The minimum Gasteiger partial charge on any atom is -0.747 e. The van der Waals surface area contributed by atoms with E-state index in [0.29, 0.717) is 17.8 Å². The van der Waals surface area contributed by atoms with Gasteiger partial charge in [0.05, 0.1) is 5.25 Å². The molecule has 15 heavy (non-hydrogen) atoms. The van der Waals surface area contributed by atoms with E-state index in [-0.39, 0.29) is 35.5 Å². The van der Waals surface area contributed by atoms with E-state index in [2.05, 4.69) is 12.2 Å². The van der Waals surface area contributed by atoms with Crippen LogP contribution in [0.3, 0.4) is 0 Å². The molecule has 2 bridgehead atoms. The molecule has 3 aliphatic rings. The molecule has 0 saturated heterocycles. The van der Waals surface area contributed by atoms with Crippen LogP contribution in [-0.4, -0.2) is 18.2 Å². The van der Waals surface area contributed by atoms with Crippen LogP contribution in [0.5, 0.6) is 0 Å². The fraction of sp³-hybridized carbons (Fsp3) is 0.600. The van der Waals surface area contributed by atoms with Gasteiger partial charge in [0.2, 0.25) is 0 Å². The van der Waals surface area contributed by atoms with Gasteiger partial charge in [0, 0.05) is 0 Å². The van der Waals surface area contributed by atoms with Crippen molar-refractivity contribution in [3.05, 3.63) is 24.3 Å². The fourth-order valence-electron chi connectivity index (χ4n) is 3.29. The molecule has 3 aliphatic carbocycles. The molecular weight excluding hydrogens is 223 g/mol. The zero-order chi connectivity index (χ0) is 9.92. The quantitative estimate of drug-likeness (QED) is 0.297. The minimum atomic E-state index is -4.15. The van der Waals surface area contributed by atoms with Gasteiger partial charge in [0.15, 0.2) is 0 Å². The van der Waals surface area contributed by atoms with Crippen molar-refractivity contribution in [3.63, 3.8) is 0 Å². The zero-order valence-corrected chi connectivity index (χ0v) is 11.4. The summed E-state index contributed by atoms with van der Waals surface area (Å²) in [4.78, 5) is 0. The SMILES string of the molecule is O=S(=O)([O-])C1C=CC2C3C=CC(C3)C21.[Na+]. The summed E-state index contributed by atoms with van der Waals surface area (Å²) in [5, 5.41) is -0.771. The van der Waals surface area contributed by atoms with Crippen LogP contribution in [0, 0.1) is 23.7 Å². The van der Waals surface area contributed by atoms with Gasteiger partial charge in [-0.25, -0.2) is 8.42 Å². The van der Waals surface area contributed by atoms with Gasteiger partial charge in [-0.1, -0.05) is 24.3 Å². The van der Waals surface area contributed by atoms with E-state index in [1.807, 2.05) is 6.08 Å². The van der Waals surface area contributed by atoms with Crippen molar-refractivity contribution in [2.24, 2.45) is 23.7 Å². The van der Waals surface area contributed by atoms with Crippen molar-refractivity contribution in [1.82, 2.24) is 0 Å². The number of hydrogen-bond acceptors (Lipinski definition) is 3. The van der Waals surface area contributed by atoms with Crippen LogP contribution in [0.15, 0.2) is 24.3 Å². The Balaban J connectivity index is 0.000000853. The Kier molecular flexibility index (Phi) is 2.93. The average molecular weight is 234 g/mol. The molecule has 0 heterocycles. The minimum absolute atomic E-state index is 0. The third kappa shape index (κ3) is 1.67. The maximum atomic E-state index is 11.0. The summed E-state index contributed by atoms with van der Waals surface area (Å²) in [5.41, 5.74) is 0. The molecule has 0 aromatic heterocycles. The Labute approximate surface area is 112 Å². The molecule has 5 heteroatoms. The number of fused-ring (bicyclic) bond motifs is 5. The Morgan fingerprint density at radius 2 is 1.73 bits per heavy atom. The van der Waals surface area contributed by atoms with Crippen molar-refractivity contribution < 1.29 is 42.5 Å². The van der Waals surface area contributed by atoms with Crippen LogP contribution in [0.4, 0.5) is 0 Å². The van der Waals surface area contributed by atoms with Crippen molar-refractivity contribution in [2.45, 2.75) is 11.7 Å². The summed E-state index contributed by atoms with van der Waals surface area (Å²) >= 11 is 0. The number of rotatable bonds is 1. The third-order valence-corrected chi connectivity index (χ3v) is 4.96. The summed E-state index contributed by atoms with van der Waals surface area (Å²) in [6.45, 7) is 0. The molecule has 5 unspecified atom stereocenters. The van der Waals surface area contributed by atoms with Crippen LogP contribution in [-0.2, 0) is 10.1 Å². The fourth-order valence-corrected chi connectivity index (χ4v) is 4.34. The summed E-state index contributed by atoms with van der Waals surface area (Å²) in [7, 11) is -4.15. The van der Waals surface area contributed by atoms with E-state index in [0.717, 1.165) is 6.42 Å². The van der Waals surface area contributed by atoms with E-state index in [9.17, 15) is 13.0 Å². The molecule has 1 saturated carbocycles. The Morgan fingerprint density at radius 3 is 2.40 bits per heavy atom. The largest absolute Gasteiger partial charge is 1.00 e. The zero-order valence-electron chi connectivity index (χ0n) is 8.54. The predicted molar refractivity (Wildman–Crippen MR) is 50.3 cm³/mol. The molecule has 0 aromatic carbocycles. The summed E-state index contributed by atoms with van der Waals surface area (Å²) in [6, 6.07) is 0. The average Bonchev–Trinajstić information content (AvgIpc) is 2.74. The van der Waals surface area contributed by atoms with Gasteiger partial charge in [-0.05, 0) is 30.1 Å². The first-order chi connectivity index (χ1) is 6.57. The Hall–Kier alpha value is 0.390. The maximum Gasteiger partial charge on any atom is 1.00 e. The van der Waals surface area contributed by atoms with E-state index < -0.39 is 15.4 Å². The second-order valence-electron chi connectivity index (χ2n) is 4.45. The van der Waals surface area contributed by atoms with Crippen molar-refractivity contribution in [2.75, 3.05) is 0 Å². The van der Waals surface area contributed by atoms with Crippen LogP contribution in [0.25, 0.3) is 0 Å². The summed E-state index contributed by atoms with van der Waals surface area (Å²) < 4.78 is 33.1. The van der Waals surface area contributed by atoms with Gasteiger partial charge < -0.3 is 4.55 Å². The van der Waals surface area contributed by atoms with E-state index in [1.165, 1.54) is 0 Å². The van der Waals surface area contributed by atoms with Gasteiger partial charge in [-0.2, -0.15) is 0 Å². The van der Waals surface area contributed by atoms with Gasteiger partial charge in [0.1, 0.15) is 10.1 Å². The summed E-state index contributed by atoms with van der Waals surface area (Å²) in [6.07, 6.45) is 8.81. The second-order valence-corrected chi connectivity index (χ2v) is 5.98. The van der Waals surface area contributed by atoms with Crippen LogP contribution in [0.1, 0.15) is 6.42 Å². The summed E-state index contributed by atoms with van der Waals surface area (Å²) in [5.74, 6) is 1.13. The van der Waals surface area contributed by atoms with Gasteiger partial charge in [-0.3, -0.25) is 0 Å². The standard InChI is InChI=1S/C10H12O3S.Na/c11-14(12,13)9-4-3-8-6-1-2-7(5-6)10(8)9;/h1-4,6-10H,5H2,(H,11,12,13);/q;+1/p-1. The topological polar surface area (TPSA) is 57.2 Å². The molecule has 76 valence electrons. The molecule has 5 atom stereocenters. The molecule has 3 rings (SSSR count). The molecule has 0 radical (unpaired) electrons. The normalized spacial score (nSPS) is 45.5. The van der Waals surface area contributed by atoms with Crippen molar-refractivity contribution in [3.8, 4) is 0 Å². The van der Waals surface area contributed by atoms with Crippen LogP contribution in [0.2, 0.25) is 0 Å². The van der Waals surface area contributed by atoms with E-state index >= 15 is 0 Å². The molecule has 1 fully saturated rings. The molecular formula is C10H11NaO3S. The van der Waals surface area contributed by atoms with Crippen LogP contribution >= 0.6 is 0 Å². The molecule has 0 spiro atoms. The second kappa shape index (κ2) is 3.70. The van der Waals surface area contributed by atoms with E-state index in [4.69, 9.17) is 0 Å². The molecule has 3 nitrogen and oxygen atoms in total. The van der Waals surface area contributed by atoms with Crippen molar-refractivity contribution in [1.29, 1.82) is 0 Å². The van der Waals surface area contributed by atoms with Gasteiger partial charge >= 0.3 is 29.6 Å². The molecule has 0 N–H and O–H groups in total. The Morgan fingerprint density at radius 1 is 1.07 bits per heavy atom. The first-order valence-electron chi connectivity index (χ1n) is 4.89. The number of hydrogen-bond donors (Lipinski definition) is 0. The first-order valence-corrected chi connectivity index (χ1v) is 6.36. The third-order valence-electron chi connectivity index (χ3n) is 3.82. The van der Waals surface area contributed by atoms with Gasteiger partial charge in [0.25, 0.3) is 0 Å². The van der Waals surface area contributed by atoms with Gasteiger partial charge in [-0.15, -0.1) is 0 Å². The van der Waals surface area contributed by atoms with E-state index in [1.54, 1.807) is 6.08 Å². The maximum absolute atomic E-state index is 11.0. The number of allylic oxidation sites excluding steroid dienone is 3. The molecule has 0 aliphatic heterocycles. The first kappa shape index (κ1) is 11.9.